The van der Waals surface area contributed by atoms with Gasteiger partial charge in [0, 0.05) is 29.4 Å². The van der Waals surface area contributed by atoms with E-state index in [0.717, 1.165) is 13.1 Å². The normalized spacial score (nSPS) is 21.9. The highest BCUT2D eigenvalue weighted by Crippen LogP contribution is 2.27. The van der Waals surface area contributed by atoms with E-state index in [-0.39, 0.29) is 0 Å². The number of thiophene rings is 1. The van der Waals surface area contributed by atoms with Crippen molar-refractivity contribution in [2.75, 3.05) is 19.6 Å². The van der Waals surface area contributed by atoms with E-state index < -0.39 is 0 Å². The van der Waals surface area contributed by atoms with Crippen LogP contribution in [0.2, 0.25) is 0 Å². The zero-order valence-electron chi connectivity index (χ0n) is 9.09. The highest BCUT2D eigenvalue weighted by Gasteiger charge is 2.16. The Kier molecular flexibility index (Phi) is 2.77. The van der Waals surface area contributed by atoms with Gasteiger partial charge in [-0.05, 0) is 44.0 Å². The number of likely N-dealkylation sites (tertiary alicyclic amines) is 1. The minimum absolute atomic E-state index is 1.09. The smallest absolute Gasteiger partial charge is 0.0328 e. The van der Waals surface area contributed by atoms with Crippen LogP contribution in [0.1, 0.15) is 28.2 Å². The summed E-state index contributed by atoms with van der Waals surface area (Å²) in [6.45, 7) is 6.06. The predicted octanol–water partition coefficient (Wildman–Crippen LogP) is 1.99. The van der Waals surface area contributed by atoms with Crippen molar-refractivity contribution >= 4 is 11.3 Å². The molecular weight excluding hydrogens is 204 g/mol. The predicted molar refractivity (Wildman–Crippen MR) is 64.2 cm³/mol. The Hall–Kier alpha value is -0.380. The van der Waals surface area contributed by atoms with Crippen molar-refractivity contribution in [1.29, 1.82) is 0 Å². The van der Waals surface area contributed by atoms with Crippen molar-refractivity contribution in [3.05, 3.63) is 21.4 Å². The number of nitrogens with zero attached hydrogens (tertiary/aromatic N) is 1. The topological polar surface area (TPSA) is 15.3 Å². The molecule has 15 heavy (non-hydrogen) atoms. The van der Waals surface area contributed by atoms with E-state index in [4.69, 9.17) is 0 Å². The van der Waals surface area contributed by atoms with E-state index in [1.54, 1.807) is 15.3 Å². The Morgan fingerprint density at radius 1 is 1.33 bits per heavy atom. The molecular formula is C12H18N2S. The first-order chi connectivity index (χ1) is 7.42. The van der Waals surface area contributed by atoms with Crippen molar-refractivity contribution < 1.29 is 0 Å². The van der Waals surface area contributed by atoms with Crippen LogP contribution in [0, 0.1) is 0 Å². The Morgan fingerprint density at radius 2 is 2.20 bits per heavy atom. The van der Waals surface area contributed by atoms with Crippen LogP contribution in [-0.4, -0.2) is 24.5 Å². The Labute approximate surface area is 95.3 Å². The van der Waals surface area contributed by atoms with Crippen LogP contribution in [0.15, 0.2) is 6.07 Å². The Balaban J connectivity index is 1.72. The molecule has 1 saturated heterocycles. The zero-order chi connectivity index (χ0) is 10.1. The van der Waals surface area contributed by atoms with Crippen molar-refractivity contribution in [2.45, 2.75) is 32.4 Å². The second-order valence-electron chi connectivity index (χ2n) is 4.57. The van der Waals surface area contributed by atoms with Crippen LogP contribution in [-0.2, 0) is 19.5 Å². The highest BCUT2D eigenvalue weighted by atomic mass is 32.1. The molecule has 1 fully saturated rings. The van der Waals surface area contributed by atoms with E-state index in [1.165, 1.54) is 38.9 Å². The van der Waals surface area contributed by atoms with Gasteiger partial charge in [-0.15, -0.1) is 11.3 Å². The van der Waals surface area contributed by atoms with Gasteiger partial charge < -0.3 is 5.32 Å². The molecule has 3 rings (SSSR count). The lowest BCUT2D eigenvalue weighted by atomic mass is 10.1. The molecule has 0 bridgehead atoms. The average Bonchev–Trinajstić information content (AvgIpc) is 2.86. The van der Waals surface area contributed by atoms with Gasteiger partial charge in [0.1, 0.15) is 0 Å². The maximum Gasteiger partial charge on any atom is 0.0328 e. The number of rotatable bonds is 2. The lowest BCUT2D eigenvalue weighted by molar-refractivity contribution is 0.334. The molecule has 2 aliphatic rings. The number of hydrogen-bond donors (Lipinski definition) is 1. The summed E-state index contributed by atoms with van der Waals surface area (Å²) in [5.41, 5.74) is 1.56. The van der Waals surface area contributed by atoms with Crippen LogP contribution in [0.25, 0.3) is 0 Å². The molecule has 0 atom stereocenters. The van der Waals surface area contributed by atoms with E-state index in [1.807, 2.05) is 11.3 Å². The molecule has 1 aromatic heterocycles. The molecule has 0 aliphatic carbocycles. The van der Waals surface area contributed by atoms with Gasteiger partial charge in [0.2, 0.25) is 0 Å². The minimum Gasteiger partial charge on any atom is -0.312 e. The maximum absolute atomic E-state index is 3.44. The van der Waals surface area contributed by atoms with Crippen molar-refractivity contribution in [2.24, 2.45) is 0 Å². The van der Waals surface area contributed by atoms with Gasteiger partial charge >= 0.3 is 0 Å². The molecule has 0 spiro atoms. The summed E-state index contributed by atoms with van der Waals surface area (Å²) in [5, 5.41) is 3.44. The Bertz CT molecular complexity index is 316. The largest absolute Gasteiger partial charge is 0.312 e. The number of fused-ring (bicyclic) bond motifs is 1. The van der Waals surface area contributed by atoms with Crippen molar-refractivity contribution in [3.63, 3.8) is 0 Å². The van der Waals surface area contributed by atoms with Crippen LogP contribution in [0.5, 0.6) is 0 Å². The molecule has 3 heteroatoms. The third-order valence-corrected chi connectivity index (χ3v) is 4.59. The molecule has 0 unspecified atom stereocenters. The van der Waals surface area contributed by atoms with Crippen molar-refractivity contribution in [1.82, 2.24) is 10.2 Å². The molecule has 82 valence electrons. The Morgan fingerprint density at radius 3 is 3.00 bits per heavy atom. The molecule has 0 amide bonds. The standard InChI is InChI=1S/C12H18N2S/c1-2-6-14(5-1)9-11-7-10-8-13-4-3-12(10)15-11/h7,13H,1-6,8-9H2. The fraction of sp³-hybridized carbons (Fsp3) is 0.667. The van der Waals surface area contributed by atoms with Gasteiger partial charge in [-0.25, -0.2) is 0 Å². The average molecular weight is 222 g/mol. The van der Waals surface area contributed by atoms with E-state index in [9.17, 15) is 0 Å². The fourth-order valence-electron chi connectivity index (χ4n) is 2.55. The third-order valence-electron chi connectivity index (χ3n) is 3.37. The molecule has 0 aromatic carbocycles. The summed E-state index contributed by atoms with van der Waals surface area (Å²) < 4.78 is 0. The highest BCUT2D eigenvalue weighted by molar-refractivity contribution is 7.12. The molecule has 2 nitrogen and oxygen atoms in total. The summed E-state index contributed by atoms with van der Waals surface area (Å²) in [6.07, 6.45) is 4.03. The van der Waals surface area contributed by atoms with Gasteiger partial charge in [-0.2, -0.15) is 0 Å². The number of nitrogens with one attached hydrogen (secondary N) is 1. The van der Waals surface area contributed by atoms with Gasteiger partial charge in [0.05, 0.1) is 0 Å². The summed E-state index contributed by atoms with van der Waals surface area (Å²) in [7, 11) is 0. The van der Waals surface area contributed by atoms with E-state index in [0.29, 0.717) is 0 Å². The first kappa shape index (κ1) is 9.82. The van der Waals surface area contributed by atoms with Gasteiger partial charge in [-0.1, -0.05) is 0 Å². The van der Waals surface area contributed by atoms with Gasteiger partial charge in [-0.3, -0.25) is 4.90 Å². The van der Waals surface area contributed by atoms with Gasteiger partial charge in [0.25, 0.3) is 0 Å². The van der Waals surface area contributed by atoms with E-state index >= 15 is 0 Å². The first-order valence-corrected chi connectivity index (χ1v) is 6.77. The summed E-state index contributed by atoms with van der Waals surface area (Å²) in [5.74, 6) is 0. The minimum atomic E-state index is 1.09. The van der Waals surface area contributed by atoms with Gasteiger partial charge in [0.15, 0.2) is 0 Å². The second-order valence-corrected chi connectivity index (χ2v) is 5.79. The van der Waals surface area contributed by atoms with Crippen LogP contribution in [0.3, 0.4) is 0 Å². The SMILES string of the molecule is c1c(CN2CCCC2)sc2c1CNCC2. The fourth-order valence-corrected chi connectivity index (χ4v) is 3.78. The third kappa shape index (κ3) is 2.10. The lowest BCUT2D eigenvalue weighted by Crippen LogP contribution is -2.21. The summed E-state index contributed by atoms with van der Waals surface area (Å²) >= 11 is 2.04. The maximum atomic E-state index is 3.44. The van der Waals surface area contributed by atoms with E-state index in [2.05, 4.69) is 16.3 Å². The monoisotopic (exact) mass is 222 g/mol. The quantitative estimate of drug-likeness (QED) is 0.823. The molecule has 0 radical (unpaired) electrons. The molecule has 1 aromatic rings. The zero-order valence-corrected chi connectivity index (χ0v) is 9.91. The van der Waals surface area contributed by atoms with Crippen LogP contribution >= 0.6 is 11.3 Å². The second kappa shape index (κ2) is 4.24. The molecule has 0 saturated carbocycles. The summed E-state index contributed by atoms with van der Waals surface area (Å²) in [6, 6.07) is 2.42. The number of hydrogen-bond acceptors (Lipinski definition) is 3. The molecule has 3 heterocycles. The first-order valence-electron chi connectivity index (χ1n) is 5.95. The van der Waals surface area contributed by atoms with Crippen LogP contribution in [0.4, 0.5) is 0 Å². The van der Waals surface area contributed by atoms with Crippen LogP contribution < -0.4 is 5.32 Å². The molecule has 1 N–H and O–H groups in total. The summed E-state index contributed by atoms with van der Waals surface area (Å²) in [4.78, 5) is 5.79. The lowest BCUT2D eigenvalue weighted by Gasteiger charge is -2.12. The van der Waals surface area contributed by atoms with Crippen molar-refractivity contribution in [3.8, 4) is 0 Å². The molecule has 2 aliphatic heterocycles.